The van der Waals surface area contributed by atoms with Gasteiger partial charge in [0.2, 0.25) is 0 Å². The van der Waals surface area contributed by atoms with Crippen LogP contribution in [0.5, 0.6) is 0 Å². The van der Waals surface area contributed by atoms with Crippen LogP contribution in [-0.4, -0.2) is 56.1 Å². The maximum absolute atomic E-state index is 14.4. The highest BCUT2D eigenvalue weighted by atomic mass is 32.2. The van der Waals surface area contributed by atoms with E-state index in [0.717, 1.165) is 22.4 Å². The SMILES string of the molecule is Cc1ccnc(C(=O)[C@]23Cc4cnn(-c5ccc(F)cc5)c4C=C2CC[C@H](N(C)S(=O)(=O)c2ccn(C)n2)C3)c1. The number of aryl methyl sites for hydroxylation is 2. The van der Waals surface area contributed by atoms with Gasteiger partial charge in [0.05, 0.1) is 23.0 Å². The van der Waals surface area contributed by atoms with E-state index in [1.165, 1.54) is 27.2 Å². The molecular formula is C29H29FN6O3S. The largest absolute Gasteiger partial charge is 0.291 e. The average Bonchev–Trinajstić information content (AvgIpc) is 3.57. The molecule has 1 aromatic carbocycles. The Morgan fingerprint density at radius 3 is 2.65 bits per heavy atom. The van der Waals surface area contributed by atoms with Gasteiger partial charge >= 0.3 is 0 Å². The number of ketones is 1. The summed E-state index contributed by atoms with van der Waals surface area (Å²) in [5, 5.41) is 8.67. The molecule has 0 N–H and O–H groups in total. The molecule has 0 radical (unpaired) electrons. The summed E-state index contributed by atoms with van der Waals surface area (Å²) in [5.74, 6) is -0.461. The van der Waals surface area contributed by atoms with Crippen molar-refractivity contribution in [3.05, 3.63) is 95.0 Å². The third-order valence-corrected chi connectivity index (χ3v) is 9.94. The minimum atomic E-state index is -3.87. The Kier molecular flexibility index (Phi) is 6.30. The van der Waals surface area contributed by atoms with Crippen molar-refractivity contribution in [2.24, 2.45) is 12.5 Å². The highest BCUT2D eigenvalue weighted by Crippen LogP contribution is 2.51. The zero-order valence-electron chi connectivity index (χ0n) is 22.5. The summed E-state index contributed by atoms with van der Waals surface area (Å²) in [4.78, 5) is 18.8. The number of allylic oxidation sites excluding steroid dienone is 1. The molecule has 2 atom stereocenters. The molecule has 206 valence electrons. The van der Waals surface area contributed by atoms with Gasteiger partial charge in [-0.15, -0.1) is 0 Å². The number of halogens is 1. The highest BCUT2D eigenvalue weighted by Gasteiger charge is 2.51. The Hall–Kier alpha value is -3.96. The molecule has 6 rings (SSSR count). The van der Waals surface area contributed by atoms with E-state index in [-0.39, 0.29) is 16.6 Å². The second-order valence-corrected chi connectivity index (χ2v) is 12.6. The summed E-state index contributed by atoms with van der Waals surface area (Å²) in [6, 6.07) is 10.8. The molecule has 9 nitrogen and oxygen atoms in total. The summed E-state index contributed by atoms with van der Waals surface area (Å²) < 4.78 is 45.1. The second kappa shape index (κ2) is 9.60. The van der Waals surface area contributed by atoms with Gasteiger partial charge < -0.3 is 0 Å². The Balaban J connectivity index is 1.43. The molecule has 0 bridgehead atoms. The number of carbonyl (C=O) groups excluding carboxylic acids is 1. The average molecular weight is 561 g/mol. The number of rotatable bonds is 6. The standard InChI is InChI=1S/C29H29FN6O3S/c1-19-10-12-31-25(14-19)28(37)29-16-20-18-32-36(23-8-5-22(30)6-9-23)26(20)15-21(29)4-7-24(17-29)35(3)40(38,39)27-11-13-34(2)33-27/h5-6,8-15,18,24H,4,7,16-17H2,1-3H3/t24-,29-/m0/s1. The fourth-order valence-corrected chi connectivity index (χ4v) is 7.29. The van der Waals surface area contributed by atoms with Crippen molar-refractivity contribution in [1.82, 2.24) is 28.9 Å². The van der Waals surface area contributed by atoms with E-state index in [1.807, 2.05) is 19.1 Å². The number of nitrogens with zero attached hydrogens (tertiary/aromatic N) is 6. The lowest BCUT2D eigenvalue weighted by Gasteiger charge is -2.45. The summed E-state index contributed by atoms with van der Waals surface area (Å²) in [5.41, 5.74) is 3.64. The number of pyridine rings is 1. The summed E-state index contributed by atoms with van der Waals surface area (Å²) in [6.45, 7) is 1.91. The van der Waals surface area contributed by atoms with Gasteiger partial charge in [-0.1, -0.05) is 5.57 Å². The third kappa shape index (κ3) is 4.29. The first-order chi connectivity index (χ1) is 19.1. The van der Waals surface area contributed by atoms with Crippen LogP contribution in [0.3, 0.4) is 0 Å². The number of Topliss-reactive ketones (excluding diaryl/α,β-unsaturated/α-hetero) is 1. The molecule has 40 heavy (non-hydrogen) atoms. The zero-order valence-corrected chi connectivity index (χ0v) is 23.3. The van der Waals surface area contributed by atoms with E-state index >= 15 is 0 Å². The van der Waals surface area contributed by atoms with Gasteiger partial charge in [-0.3, -0.25) is 14.5 Å². The van der Waals surface area contributed by atoms with Crippen molar-refractivity contribution >= 4 is 21.9 Å². The molecule has 0 saturated heterocycles. The van der Waals surface area contributed by atoms with Crippen LogP contribution in [0.25, 0.3) is 11.8 Å². The molecule has 3 heterocycles. The molecule has 1 saturated carbocycles. The van der Waals surface area contributed by atoms with Crippen LogP contribution in [0.2, 0.25) is 0 Å². The van der Waals surface area contributed by atoms with E-state index in [4.69, 9.17) is 0 Å². The van der Waals surface area contributed by atoms with Crippen LogP contribution >= 0.6 is 0 Å². The summed E-state index contributed by atoms with van der Waals surface area (Å²) >= 11 is 0. The molecule has 2 aliphatic rings. The number of fused-ring (bicyclic) bond motifs is 2. The molecule has 0 unspecified atom stereocenters. The molecule has 2 aliphatic carbocycles. The number of carbonyl (C=O) groups is 1. The first-order valence-corrected chi connectivity index (χ1v) is 14.5. The predicted octanol–water partition coefficient (Wildman–Crippen LogP) is 4.13. The summed E-state index contributed by atoms with van der Waals surface area (Å²) in [7, 11) is -0.633. The maximum Gasteiger partial charge on any atom is 0.262 e. The van der Waals surface area contributed by atoms with Crippen molar-refractivity contribution in [2.75, 3.05) is 7.05 Å². The number of benzene rings is 1. The Morgan fingerprint density at radius 2 is 1.95 bits per heavy atom. The smallest absolute Gasteiger partial charge is 0.262 e. The molecule has 4 aromatic rings. The van der Waals surface area contributed by atoms with Gasteiger partial charge in [-0.25, -0.2) is 17.5 Å². The molecular weight excluding hydrogens is 531 g/mol. The lowest BCUT2D eigenvalue weighted by molar-refractivity contribution is 0.0747. The van der Waals surface area contributed by atoms with Crippen LogP contribution in [0, 0.1) is 18.2 Å². The van der Waals surface area contributed by atoms with E-state index in [2.05, 4.69) is 15.2 Å². The monoisotopic (exact) mass is 560 g/mol. The van der Waals surface area contributed by atoms with Gasteiger partial charge in [-0.2, -0.15) is 14.5 Å². The lowest BCUT2D eigenvalue weighted by atomic mass is 9.60. The van der Waals surface area contributed by atoms with Gasteiger partial charge in [0.25, 0.3) is 10.0 Å². The van der Waals surface area contributed by atoms with Crippen LogP contribution < -0.4 is 0 Å². The number of aromatic nitrogens is 5. The van der Waals surface area contributed by atoms with Crippen molar-refractivity contribution < 1.29 is 17.6 Å². The Labute approximate surface area is 232 Å². The number of sulfonamides is 1. The minimum Gasteiger partial charge on any atom is -0.291 e. The topological polar surface area (TPSA) is 103 Å². The van der Waals surface area contributed by atoms with Crippen LogP contribution in [-0.2, 0) is 23.5 Å². The lowest BCUT2D eigenvalue weighted by Crippen LogP contribution is -2.49. The van der Waals surface area contributed by atoms with Crippen LogP contribution in [0.4, 0.5) is 4.39 Å². The van der Waals surface area contributed by atoms with Crippen LogP contribution in [0.1, 0.15) is 46.6 Å². The highest BCUT2D eigenvalue weighted by molar-refractivity contribution is 7.89. The first kappa shape index (κ1) is 26.3. The van der Waals surface area contributed by atoms with E-state index in [1.54, 1.807) is 55.6 Å². The molecule has 0 spiro atoms. The third-order valence-electron chi connectivity index (χ3n) is 8.14. The molecule has 1 fully saturated rings. The van der Waals surface area contributed by atoms with Crippen molar-refractivity contribution in [3.63, 3.8) is 0 Å². The van der Waals surface area contributed by atoms with Gasteiger partial charge in [0, 0.05) is 32.5 Å². The second-order valence-electron chi connectivity index (χ2n) is 10.7. The molecule has 3 aromatic heterocycles. The van der Waals surface area contributed by atoms with Gasteiger partial charge in [0.15, 0.2) is 10.8 Å². The van der Waals surface area contributed by atoms with Crippen molar-refractivity contribution in [2.45, 2.75) is 43.7 Å². The zero-order chi connectivity index (χ0) is 28.2. The number of hydrogen-bond acceptors (Lipinski definition) is 6. The van der Waals surface area contributed by atoms with E-state index in [0.29, 0.717) is 37.1 Å². The van der Waals surface area contributed by atoms with Crippen LogP contribution in [0.15, 0.2) is 71.7 Å². The maximum atomic E-state index is 14.4. The quantitative estimate of drug-likeness (QED) is 0.329. The Morgan fingerprint density at radius 1 is 1.18 bits per heavy atom. The van der Waals surface area contributed by atoms with Crippen molar-refractivity contribution in [3.8, 4) is 5.69 Å². The fourth-order valence-electron chi connectivity index (χ4n) is 5.96. The Bertz CT molecular complexity index is 1760. The summed E-state index contributed by atoms with van der Waals surface area (Å²) in [6.07, 6.45) is 8.70. The normalized spacial score (nSPS) is 20.6. The van der Waals surface area contributed by atoms with E-state index in [9.17, 15) is 17.6 Å². The first-order valence-electron chi connectivity index (χ1n) is 13.1. The predicted molar refractivity (Wildman–Crippen MR) is 147 cm³/mol. The van der Waals surface area contributed by atoms with E-state index < -0.39 is 21.5 Å². The number of hydrogen-bond donors (Lipinski definition) is 0. The minimum absolute atomic E-state index is 0.0222. The van der Waals surface area contributed by atoms with Crippen molar-refractivity contribution in [1.29, 1.82) is 0 Å². The fraction of sp³-hybridized carbons (Fsp3) is 0.310. The van der Waals surface area contributed by atoms with Gasteiger partial charge in [0.1, 0.15) is 11.5 Å². The molecule has 0 aliphatic heterocycles. The molecule has 11 heteroatoms. The molecule has 0 amide bonds. The van der Waals surface area contributed by atoms with Gasteiger partial charge in [-0.05, 0) is 92.3 Å².